The number of rotatable bonds is 4. The van der Waals surface area contributed by atoms with Crippen LogP contribution in [0.5, 0.6) is 0 Å². The van der Waals surface area contributed by atoms with E-state index < -0.39 is 0 Å². The molecule has 1 aromatic rings. The van der Waals surface area contributed by atoms with Gasteiger partial charge >= 0.3 is 0 Å². The summed E-state index contributed by atoms with van der Waals surface area (Å²) in [6, 6.07) is 7.81. The summed E-state index contributed by atoms with van der Waals surface area (Å²) >= 11 is 6.23. The lowest BCUT2D eigenvalue weighted by molar-refractivity contribution is -0.124. The first kappa shape index (κ1) is 17.3. The zero-order valence-electron chi connectivity index (χ0n) is 11.9. The highest BCUT2D eigenvalue weighted by Crippen LogP contribution is 2.29. The molecule has 1 aliphatic heterocycles. The van der Waals surface area contributed by atoms with E-state index in [1.54, 1.807) is 0 Å². The van der Waals surface area contributed by atoms with Gasteiger partial charge in [-0.05, 0) is 24.6 Å². The van der Waals surface area contributed by atoms with Gasteiger partial charge in [-0.2, -0.15) is 0 Å². The molecule has 112 valence electrons. The largest absolute Gasteiger partial charge is 0.355 e. The minimum atomic E-state index is -0.167. The Labute approximate surface area is 131 Å². The van der Waals surface area contributed by atoms with E-state index in [-0.39, 0.29) is 29.6 Å². The lowest BCUT2D eigenvalue weighted by Crippen LogP contribution is -2.40. The van der Waals surface area contributed by atoms with Crippen LogP contribution in [-0.2, 0) is 10.2 Å². The van der Waals surface area contributed by atoms with E-state index in [1.165, 1.54) is 0 Å². The van der Waals surface area contributed by atoms with Crippen LogP contribution in [0.3, 0.4) is 0 Å². The first-order chi connectivity index (χ1) is 9.00. The molecule has 0 spiro atoms. The normalized spacial score (nSPS) is 18.4. The van der Waals surface area contributed by atoms with Gasteiger partial charge in [0.15, 0.2) is 0 Å². The summed E-state index contributed by atoms with van der Waals surface area (Å²) in [6.07, 6.45) is 0.929. The second-order valence-electron chi connectivity index (χ2n) is 5.77. The molecule has 1 aliphatic rings. The van der Waals surface area contributed by atoms with Gasteiger partial charge in [-0.25, -0.2) is 0 Å². The van der Waals surface area contributed by atoms with Gasteiger partial charge in [0.05, 0.1) is 5.92 Å². The highest BCUT2D eigenvalue weighted by atomic mass is 35.5. The molecule has 1 atom stereocenters. The molecular formula is C15H22Cl2N2O. The molecule has 0 saturated carbocycles. The van der Waals surface area contributed by atoms with E-state index in [9.17, 15) is 4.79 Å². The number of nitrogens with one attached hydrogen (secondary N) is 2. The third-order valence-electron chi connectivity index (χ3n) is 3.74. The third-order valence-corrected chi connectivity index (χ3v) is 4.07. The van der Waals surface area contributed by atoms with E-state index in [0.717, 1.165) is 30.1 Å². The molecule has 0 aromatic heterocycles. The van der Waals surface area contributed by atoms with E-state index in [1.807, 2.05) is 24.3 Å². The van der Waals surface area contributed by atoms with Crippen LogP contribution in [0.4, 0.5) is 0 Å². The summed E-state index contributed by atoms with van der Waals surface area (Å²) in [7, 11) is 0. The fourth-order valence-corrected chi connectivity index (χ4v) is 2.83. The van der Waals surface area contributed by atoms with E-state index in [0.29, 0.717) is 6.54 Å². The number of carbonyl (C=O) groups is 1. The van der Waals surface area contributed by atoms with Crippen molar-refractivity contribution in [3.63, 3.8) is 0 Å². The maximum absolute atomic E-state index is 12.0. The quantitative estimate of drug-likeness (QED) is 0.896. The standard InChI is InChI=1S/C15H21ClN2O.ClH/c1-15(2,12-5-3-4-6-13(12)16)10-18-14(19)11-7-8-17-9-11;/h3-6,11,17H,7-10H2,1-2H3,(H,18,19);1H. The van der Waals surface area contributed by atoms with Crippen molar-refractivity contribution in [2.24, 2.45) is 5.92 Å². The summed E-state index contributed by atoms with van der Waals surface area (Å²) < 4.78 is 0. The van der Waals surface area contributed by atoms with Crippen LogP contribution in [0.1, 0.15) is 25.8 Å². The molecular weight excluding hydrogens is 295 g/mol. The Hall–Kier alpha value is -0.770. The Bertz CT molecular complexity index is 457. The second-order valence-corrected chi connectivity index (χ2v) is 6.18. The van der Waals surface area contributed by atoms with Crippen LogP contribution in [0, 0.1) is 5.92 Å². The zero-order chi connectivity index (χ0) is 13.9. The topological polar surface area (TPSA) is 41.1 Å². The molecule has 1 unspecified atom stereocenters. The summed E-state index contributed by atoms with van der Waals surface area (Å²) in [4.78, 5) is 12.0. The molecule has 1 aromatic carbocycles. The molecule has 5 heteroatoms. The number of hydrogen-bond acceptors (Lipinski definition) is 2. The van der Waals surface area contributed by atoms with Gasteiger partial charge in [-0.1, -0.05) is 43.6 Å². The second kappa shape index (κ2) is 7.30. The third kappa shape index (κ3) is 4.11. The summed E-state index contributed by atoms with van der Waals surface area (Å²) in [5.74, 6) is 0.257. The Balaban J connectivity index is 0.00000200. The van der Waals surface area contributed by atoms with Crippen LogP contribution in [0.2, 0.25) is 5.02 Å². The molecule has 0 radical (unpaired) electrons. The maximum Gasteiger partial charge on any atom is 0.224 e. The fourth-order valence-electron chi connectivity index (χ4n) is 2.44. The number of benzene rings is 1. The summed E-state index contributed by atoms with van der Waals surface area (Å²) in [6.45, 7) is 6.53. The Kier molecular flexibility index (Phi) is 6.31. The van der Waals surface area contributed by atoms with Crippen molar-refractivity contribution in [3.05, 3.63) is 34.9 Å². The highest BCUT2D eigenvalue weighted by molar-refractivity contribution is 6.31. The smallest absolute Gasteiger partial charge is 0.224 e. The van der Waals surface area contributed by atoms with Gasteiger partial charge < -0.3 is 10.6 Å². The monoisotopic (exact) mass is 316 g/mol. The molecule has 1 amide bonds. The van der Waals surface area contributed by atoms with Gasteiger partial charge in [0, 0.05) is 23.5 Å². The Morgan fingerprint density at radius 1 is 1.45 bits per heavy atom. The van der Waals surface area contributed by atoms with E-state index in [4.69, 9.17) is 11.6 Å². The summed E-state index contributed by atoms with van der Waals surface area (Å²) in [5, 5.41) is 7.02. The first-order valence-corrected chi connectivity index (χ1v) is 7.12. The van der Waals surface area contributed by atoms with Crippen LogP contribution < -0.4 is 10.6 Å². The number of amides is 1. The van der Waals surface area contributed by atoms with Gasteiger partial charge in [0.2, 0.25) is 5.91 Å². The molecule has 2 rings (SSSR count). The molecule has 0 aliphatic carbocycles. The zero-order valence-corrected chi connectivity index (χ0v) is 13.5. The van der Waals surface area contributed by atoms with Crippen molar-refractivity contribution < 1.29 is 4.79 Å². The minimum Gasteiger partial charge on any atom is -0.355 e. The molecule has 1 fully saturated rings. The molecule has 20 heavy (non-hydrogen) atoms. The minimum absolute atomic E-state index is 0. The first-order valence-electron chi connectivity index (χ1n) is 6.74. The van der Waals surface area contributed by atoms with Crippen molar-refractivity contribution in [1.29, 1.82) is 0 Å². The van der Waals surface area contributed by atoms with Gasteiger partial charge in [-0.3, -0.25) is 4.79 Å². The maximum atomic E-state index is 12.0. The lowest BCUT2D eigenvalue weighted by Gasteiger charge is -2.27. The number of halogens is 2. The molecule has 1 heterocycles. The van der Waals surface area contributed by atoms with Gasteiger partial charge in [-0.15, -0.1) is 12.4 Å². The number of hydrogen-bond donors (Lipinski definition) is 2. The van der Waals surface area contributed by atoms with E-state index >= 15 is 0 Å². The number of carbonyl (C=O) groups excluding carboxylic acids is 1. The van der Waals surface area contributed by atoms with Crippen LogP contribution in [0.25, 0.3) is 0 Å². The van der Waals surface area contributed by atoms with Gasteiger partial charge in [0.25, 0.3) is 0 Å². The molecule has 3 nitrogen and oxygen atoms in total. The predicted octanol–water partition coefficient (Wildman–Crippen LogP) is 2.77. The fraction of sp³-hybridized carbons (Fsp3) is 0.533. The van der Waals surface area contributed by atoms with Crippen molar-refractivity contribution in [2.75, 3.05) is 19.6 Å². The van der Waals surface area contributed by atoms with Crippen molar-refractivity contribution in [1.82, 2.24) is 10.6 Å². The molecule has 2 N–H and O–H groups in total. The molecule has 0 bridgehead atoms. The van der Waals surface area contributed by atoms with Gasteiger partial charge in [0.1, 0.15) is 0 Å². The van der Waals surface area contributed by atoms with Crippen molar-refractivity contribution >= 4 is 29.9 Å². The van der Waals surface area contributed by atoms with Crippen LogP contribution in [-0.4, -0.2) is 25.5 Å². The summed E-state index contributed by atoms with van der Waals surface area (Å²) in [5.41, 5.74) is 0.904. The average Bonchev–Trinajstić information content (AvgIpc) is 2.90. The van der Waals surface area contributed by atoms with Crippen LogP contribution >= 0.6 is 24.0 Å². The van der Waals surface area contributed by atoms with E-state index in [2.05, 4.69) is 24.5 Å². The highest BCUT2D eigenvalue weighted by Gasteiger charge is 2.27. The average molecular weight is 317 g/mol. The van der Waals surface area contributed by atoms with Crippen LogP contribution in [0.15, 0.2) is 24.3 Å². The SMILES string of the molecule is CC(C)(CNC(=O)C1CCNC1)c1ccccc1Cl.Cl. The predicted molar refractivity (Wildman–Crippen MR) is 85.7 cm³/mol. The Morgan fingerprint density at radius 2 is 2.15 bits per heavy atom. The Morgan fingerprint density at radius 3 is 2.75 bits per heavy atom. The van der Waals surface area contributed by atoms with Crippen molar-refractivity contribution in [3.8, 4) is 0 Å². The molecule has 1 saturated heterocycles. The lowest BCUT2D eigenvalue weighted by atomic mass is 9.84. The van der Waals surface area contributed by atoms with Crippen molar-refractivity contribution in [2.45, 2.75) is 25.7 Å².